The van der Waals surface area contributed by atoms with Gasteiger partial charge in [-0.25, -0.2) is 13.4 Å². The molecule has 3 rings (SSSR count). The van der Waals surface area contributed by atoms with Gasteiger partial charge in [-0.1, -0.05) is 17.7 Å². The molecule has 1 fully saturated rings. The minimum Gasteiger partial charge on any atom is -0.480 e. The summed E-state index contributed by atoms with van der Waals surface area (Å²) < 4.78 is 28.1. The van der Waals surface area contributed by atoms with Crippen LogP contribution in [0, 0.1) is 27.7 Å². The van der Waals surface area contributed by atoms with Gasteiger partial charge in [0.2, 0.25) is 15.9 Å². The summed E-state index contributed by atoms with van der Waals surface area (Å²) in [6.45, 7) is 7.45. The third kappa shape index (κ3) is 8.25. The summed E-state index contributed by atoms with van der Waals surface area (Å²) in [6, 6.07) is 2.02. The van der Waals surface area contributed by atoms with Gasteiger partial charge in [0.05, 0.1) is 17.4 Å². The van der Waals surface area contributed by atoms with Crippen LogP contribution < -0.4 is 20.8 Å². The van der Waals surface area contributed by atoms with Gasteiger partial charge >= 0.3 is 5.97 Å². The Morgan fingerprint density at radius 3 is 2.54 bits per heavy atom. The number of anilines is 1. The smallest absolute Gasteiger partial charge is 0.323 e. The SMILES string of the molecule is Cc1cc(C)c(S(=O)(=O)NC(CNC(=O)CC2CC(CCCNc3ncc(C)[nH]3)NO2)C(=O)O)c(C)c1. The van der Waals surface area contributed by atoms with Gasteiger partial charge < -0.3 is 20.7 Å². The third-order valence-corrected chi connectivity index (χ3v) is 7.84. The molecule has 13 heteroatoms. The van der Waals surface area contributed by atoms with Crippen molar-refractivity contribution >= 4 is 27.8 Å². The number of H-pyrrole nitrogens is 1. The number of benzene rings is 1. The minimum atomic E-state index is -4.12. The lowest BCUT2D eigenvalue weighted by molar-refractivity contribution is -0.139. The van der Waals surface area contributed by atoms with E-state index in [2.05, 4.69) is 30.8 Å². The molecule has 0 spiro atoms. The Morgan fingerprint density at radius 1 is 1.22 bits per heavy atom. The van der Waals surface area contributed by atoms with Crippen LogP contribution in [-0.2, 0) is 24.4 Å². The van der Waals surface area contributed by atoms with Crippen LogP contribution in [-0.4, -0.2) is 66.6 Å². The number of carboxylic acid groups (broad SMARTS) is 1. The summed E-state index contributed by atoms with van der Waals surface area (Å²) in [4.78, 5) is 37.0. The summed E-state index contributed by atoms with van der Waals surface area (Å²) in [6.07, 6.45) is 3.77. The lowest BCUT2D eigenvalue weighted by Crippen LogP contribution is -2.48. The van der Waals surface area contributed by atoms with E-state index in [4.69, 9.17) is 4.84 Å². The summed E-state index contributed by atoms with van der Waals surface area (Å²) in [5, 5.41) is 15.3. The molecule has 1 aromatic heterocycles. The summed E-state index contributed by atoms with van der Waals surface area (Å²) in [5.74, 6) is -1.08. The lowest BCUT2D eigenvalue weighted by atomic mass is 10.0. The van der Waals surface area contributed by atoms with E-state index < -0.39 is 34.5 Å². The van der Waals surface area contributed by atoms with Gasteiger partial charge in [-0.15, -0.1) is 0 Å². The van der Waals surface area contributed by atoms with Crippen LogP contribution in [0.15, 0.2) is 23.2 Å². The van der Waals surface area contributed by atoms with Crippen molar-refractivity contribution in [1.29, 1.82) is 0 Å². The monoisotopic (exact) mass is 536 g/mol. The maximum atomic E-state index is 12.9. The molecule has 1 aliphatic rings. The summed E-state index contributed by atoms with van der Waals surface area (Å²) >= 11 is 0. The predicted molar refractivity (Wildman–Crippen MR) is 137 cm³/mol. The first-order valence-corrected chi connectivity index (χ1v) is 13.7. The Morgan fingerprint density at radius 2 is 1.92 bits per heavy atom. The topological polar surface area (TPSA) is 175 Å². The van der Waals surface area contributed by atoms with Gasteiger partial charge in [-0.2, -0.15) is 10.2 Å². The van der Waals surface area contributed by atoms with Crippen molar-refractivity contribution in [3.05, 3.63) is 40.7 Å². The highest BCUT2D eigenvalue weighted by Gasteiger charge is 2.30. The fourth-order valence-electron chi connectivity index (χ4n) is 4.48. The van der Waals surface area contributed by atoms with Crippen LogP contribution in [0.4, 0.5) is 5.95 Å². The van der Waals surface area contributed by atoms with Gasteiger partial charge in [0, 0.05) is 31.0 Å². The molecule has 0 bridgehead atoms. The van der Waals surface area contributed by atoms with Gasteiger partial charge in [0.25, 0.3) is 0 Å². The largest absolute Gasteiger partial charge is 0.480 e. The lowest BCUT2D eigenvalue weighted by Gasteiger charge is -2.18. The number of amides is 1. The number of sulfonamides is 1. The van der Waals surface area contributed by atoms with E-state index in [1.807, 2.05) is 13.8 Å². The number of hydrogen-bond donors (Lipinski definition) is 6. The average Bonchev–Trinajstić information content (AvgIpc) is 3.41. The fourth-order valence-corrected chi connectivity index (χ4v) is 6.12. The number of hydrogen-bond acceptors (Lipinski definition) is 8. The minimum absolute atomic E-state index is 0.0304. The number of aryl methyl sites for hydroxylation is 4. The van der Waals surface area contributed by atoms with Crippen molar-refractivity contribution in [3.8, 4) is 0 Å². The predicted octanol–water partition coefficient (Wildman–Crippen LogP) is 1.44. The molecule has 1 aliphatic heterocycles. The first kappa shape index (κ1) is 28.6. The van der Waals surface area contributed by atoms with E-state index in [1.54, 1.807) is 32.2 Å². The molecule has 2 heterocycles. The van der Waals surface area contributed by atoms with Crippen LogP contribution in [0.1, 0.15) is 48.1 Å². The number of aromatic amines is 1. The number of hydroxylamine groups is 1. The van der Waals surface area contributed by atoms with Crippen molar-refractivity contribution in [2.45, 2.75) is 76.5 Å². The molecule has 3 unspecified atom stereocenters. The van der Waals surface area contributed by atoms with E-state index in [0.717, 1.165) is 36.6 Å². The average molecular weight is 537 g/mol. The van der Waals surface area contributed by atoms with Gasteiger partial charge in [0.15, 0.2) is 5.95 Å². The zero-order chi connectivity index (χ0) is 27.2. The van der Waals surface area contributed by atoms with Crippen molar-refractivity contribution < 1.29 is 28.0 Å². The molecule has 3 atom stereocenters. The number of aliphatic carboxylic acids is 1. The van der Waals surface area contributed by atoms with Crippen molar-refractivity contribution in [2.75, 3.05) is 18.4 Å². The molecule has 0 radical (unpaired) electrons. The molecule has 2 aromatic rings. The van der Waals surface area contributed by atoms with Crippen LogP contribution >= 0.6 is 0 Å². The maximum Gasteiger partial charge on any atom is 0.323 e. The maximum absolute atomic E-state index is 12.9. The number of aromatic nitrogens is 2. The molecule has 1 aromatic carbocycles. The first-order chi connectivity index (χ1) is 17.4. The van der Waals surface area contributed by atoms with Crippen molar-refractivity contribution in [1.82, 2.24) is 25.5 Å². The van der Waals surface area contributed by atoms with Gasteiger partial charge in [0.1, 0.15) is 6.04 Å². The summed E-state index contributed by atoms with van der Waals surface area (Å²) in [5.41, 5.74) is 5.87. The van der Waals surface area contributed by atoms with E-state index >= 15 is 0 Å². The molecular formula is C24H36N6O6S. The third-order valence-electron chi connectivity index (χ3n) is 6.06. The Hall–Kier alpha value is -3.00. The standard InChI is InChI=1S/C24H36N6O6S/c1-14-8-15(2)22(16(3)9-14)37(34,35)30-20(23(32)33)13-26-21(31)11-19-10-18(29-36-19)6-5-7-25-24-27-12-17(4)28-24/h8-9,12,18-20,29-30H,5-7,10-11,13H2,1-4H3,(H,26,31)(H,32,33)(H2,25,27,28). The van der Waals surface area contributed by atoms with Crippen molar-refractivity contribution in [3.63, 3.8) is 0 Å². The molecule has 12 nitrogen and oxygen atoms in total. The number of nitrogens with one attached hydrogen (secondary N) is 5. The highest BCUT2D eigenvalue weighted by atomic mass is 32.2. The Labute approximate surface area is 217 Å². The zero-order valence-electron chi connectivity index (χ0n) is 21.6. The second-order valence-corrected chi connectivity index (χ2v) is 11.2. The van der Waals surface area contributed by atoms with Gasteiger partial charge in [-0.3, -0.25) is 14.4 Å². The van der Waals surface area contributed by atoms with Crippen LogP contribution in [0.3, 0.4) is 0 Å². The molecule has 204 valence electrons. The summed E-state index contributed by atoms with van der Waals surface area (Å²) in [7, 11) is -4.12. The number of carbonyl (C=O) groups is 2. The molecule has 0 saturated carbocycles. The molecular weight excluding hydrogens is 500 g/mol. The van der Waals surface area contributed by atoms with E-state index in [0.29, 0.717) is 17.5 Å². The number of carboxylic acids is 1. The van der Waals surface area contributed by atoms with Crippen LogP contribution in [0.25, 0.3) is 0 Å². The van der Waals surface area contributed by atoms with Crippen LogP contribution in [0.5, 0.6) is 0 Å². The Balaban J connectivity index is 1.43. The second-order valence-electron chi connectivity index (χ2n) is 9.52. The second kappa shape index (κ2) is 12.5. The van der Waals surface area contributed by atoms with Crippen LogP contribution in [0.2, 0.25) is 0 Å². The first-order valence-electron chi connectivity index (χ1n) is 12.2. The van der Waals surface area contributed by atoms with E-state index in [1.165, 1.54) is 0 Å². The van der Waals surface area contributed by atoms with Gasteiger partial charge in [-0.05, 0) is 58.1 Å². The molecule has 1 amide bonds. The Bertz CT molecular complexity index is 1190. The normalized spacial score (nSPS) is 18.5. The fraction of sp³-hybridized carbons (Fsp3) is 0.542. The van der Waals surface area contributed by atoms with E-state index in [9.17, 15) is 23.1 Å². The number of nitrogens with zero attached hydrogens (tertiary/aromatic N) is 1. The number of rotatable bonds is 13. The Kier molecular flexibility index (Phi) is 9.65. The molecule has 0 aliphatic carbocycles. The number of carbonyl (C=O) groups excluding carboxylic acids is 1. The quantitative estimate of drug-likeness (QED) is 0.207. The highest BCUT2D eigenvalue weighted by Crippen LogP contribution is 2.22. The van der Waals surface area contributed by atoms with E-state index in [-0.39, 0.29) is 23.5 Å². The molecule has 37 heavy (non-hydrogen) atoms. The molecule has 1 saturated heterocycles. The zero-order valence-corrected chi connectivity index (χ0v) is 22.4. The highest BCUT2D eigenvalue weighted by molar-refractivity contribution is 7.89. The molecule has 6 N–H and O–H groups in total. The van der Waals surface area contributed by atoms with Crippen molar-refractivity contribution in [2.24, 2.45) is 0 Å². The number of imidazole rings is 1.